The van der Waals surface area contributed by atoms with Gasteiger partial charge in [-0.3, -0.25) is 0 Å². The van der Waals surface area contributed by atoms with E-state index in [0.717, 1.165) is 47.5 Å². The number of benzene rings is 2. The summed E-state index contributed by atoms with van der Waals surface area (Å²) in [6.07, 6.45) is 5.28. The van der Waals surface area contributed by atoms with Gasteiger partial charge in [0.1, 0.15) is 16.8 Å². The van der Waals surface area contributed by atoms with Crippen LogP contribution in [0.1, 0.15) is 79.7 Å². The number of aliphatic imine (C=N–C) groups is 1. The zero-order valence-electron chi connectivity index (χ0n) is 22.8. The van der Waals surface area contributed by atoms with Gasteiger partial charge < -0.3 is 14.0 Å². The van der Waals surface area contributed by atoms with E-state index < -0.39 is 29.2 Å². The van der Waals surface area contributed by atoms with Crippen molar-refractivity contribution in [2.24, 2.45) is 4.99 Å². The quantitative estimate of drug-likeness (QED) is 0.215. The van der Waals surface area contributed by atoms with Crippen molar-refractivity contribution in [3.8, 4) is 0 Å². The van der Waals surface area contributed by atoms with Crippen molar-refractivity contribution < 1.29 is 19.1 Å². The predicted molar refractivity (Wildman–Crippen MR) is 148 cm³/mol. The lowest BCUT2D eigenvalue weighted by Crippen LogP contribution is -2.35. The monoisotopic (exact) mass is 502 g/mol. The Morgan fingerprint density at radius 1 is 0.838 bits per heavy atom. The first kappa shape index (κ1) is 26.7. The van der Waals surface area contributed by atoms with E-state index in [1.54, 1.807) is 0 Å². The molecule has 1 atom stereocenters. The van der Waals surface area contributed by atoms with Crippen molar-refractivity contribution >= 4 is 39.6 Å². The SMILES string of the molecule is CC(C)(C)OC(=O)C(=C=NC1CCCCC1)C(C(=O)OC(C)(C)C)n1c2ccccc2c2ccccc21. The third-order valence-electron chi connectivity index (χ3n) is 6.34. The normalized spacial score (nSPS) is 15.7. The summed E-state index contributed by atoms with van der Waals surface area (Å²) in [7, 11) is 0. The van der Waals surface area contributed by atoms with Crippen LogP contribution in [-0.2, 0) is 19.1 Å². The Morgan fingerprint density at radius 2 is 1.35 bits per heavy atom. The van der Waals surface area contributed by atoms with Gasteiger partial charge in [0, 0.05) is 10.8 Å². The minimum Gasteiger partial charge on any atom is -0.458 e. The molecule has 1 unspecified atom stereocenters. The maximum atomic E-state index is 14.0. The molecule has 0 N–H and O–H groups in total. The summed E-state index contributed by atoms with van der Waals surface area (Å²) in [5.41, 5.74) is 0.184. The second-order valence-electron chi connectivity index (χ2n) is 11.8. The number of fused-ring (bicyclic) bond motifs is 3. The summed E-state index contributed by atoms with van der Waals surface area (Å²) in [6.45, 7) is 10.9. The zero-order chi connectivity index (χ0) is 26.8. The number of para-hydroxylation sites is 2. The Labute approximate surface area is 219 Å². The zero-order valence-corrected chi connectivity index (χ0v) is 22.8. The van der Waals surface area contributed by atoms with Gasteiger partial charge in [0.15, 0.2) is 6.04 Å². The van der Waals surface area contributed by atoms with Crippen LogP contribution in [-0.4, -0.2) is 39.6 Å². The Morgan fingerprint density at radius 3 is 1.86 bits per heavy atom. The summed E-state index contributed by atoms with van der Waals surface area (Å²) in [4.78, 5) is 32.4. The van der Waals surface area contributed by atoms with Crippen LogP contribution in [0, 0.1) is 0 Å². The fraction of sp³-hybridized carbons (Fsp3) is 0.484. The first-order chi connectivity index (χ1) is 17.4. The molecule has 37 heavy (non-hydrogen) atoms. The number of nitrogens with zero attached hydrogens (tertiary/aromatic N) is 2. The van der Waals surface area contributed by atoms with Gasteiger partial charge in [-0.25, -0.2) is 14.6 Å². The highest BCUT2D eigenvalue weighted by Crippen LogP contribution is 2.36. The summed E-state index contributed by atoms with van der Waals surface area (Å²) in [5.74, 6) is 1.87. The molecule has 1 aliphatic carbocycles. The van der Waals surface area contributed by atoms with Gasteiger partial charge in [0.2, 0.25) is 0 Å². The minimum absolute atomic E-state index is 0.0567. The molecule has 0 radical (unpaired) electrons. The van der Waals surface area contributed by atoms with Gasteiger partial charge in [-0.2, -0.15) is 0 Å². The lowest BCUT2D eigenvalue weighted by Gasteiger charge is -2.27. The number of ether oxygens (including phenoxy) is 2. The molecular weight excluding hydrogens is 464 g/mol. The molecule has 6 nitrogen and oxygen atoms in total. The third kappa shape index (κ3) is 6.31. The smallest absolute Gasteiger partial charge is 0.346 e. The lowest BCUT2D eigenvalue weighted by atomic mass is 9.96. The highest BCUT2D eigenvalue weighted by atomic mass is 16.6. The van der Waals surface area contributed by atoms with Crippen LogP contribution in [0.3, 0.4) is 0 Å². The molecule has 1 aliphatic rings. The second kappa shape index (κ2) is 10.5. The largest absolute Gasteiger partial charge is 0.458 e. The van der Waals surface area contributed by atoms with Crippen molar-refractivity contribution in [1.29, 1.82) is 0 Å². The summed E-state index contributed by atoms with van der Waals surface area (Å²) < 4.78 is 13.6. The minimum atomic E-state index is -1.12. The summed E-state index contributed by atoms with van der Waals surface area (Å²) in [6, 6.07) is 14.7. The van der Waals surface area contributed by atoms with Gasteiger partial charge in [-0.05, 0) is 72.4 Å². The van der Waals surface area contributed by atoms with E-state index in [2.05, 4.69) is 5.87 Å². The maximum Gasteiger partial charge on any atom is 0.346 e. The van der Waals surface area contributed by atoms with E-state index in [-0.39, 0.29) is 11.6 Å². The molecule has 0 saturated heterocycles. The van der Waals surface area contributed by atoms with Crippen LogP contribution in [0.4, 0.5) is 0 Å². The van der Waals surface area contributed by atoms with Crippen LogP contribution in [0.2, 0.25) is 0 Å². The van der Waals surface area contributed by atoms with E-state index >= 15 is 0 Å². The molecular formula is C31H38N2O4. The summed E-state index contributed by atoms with van der Waals surface area (Å²) in [5, 5.41) is 1.97. The van der Waals surface area contributed by atoms with Gasteiger partial charge >= 0.3 is 11.9 Å². The molecule has 1 heterocycles. The molecule has 0 aliphatic heterocycles. The van der Waals surface area contributed by atoms with E-state index in [1.807, 2.05) is 94.6 Å². The fourth-order valence-electron chi connectivity index (χ4n) is 4.86. The molecule has 0 amide bonds. The lowest BCUT2D eigenvalue weighted by molar-refractivity contribution is -0.161. The Hall–Kier alpha value is -3.37. The van der Waals surface area contributed by atoms with Gasteiger partial charge in [0.05, 0.1) is 17.1 Å². The molecule has 2 aromatic carbocycles. The Bertz CT molecular complexity index is 1300. The first-order valence-corrected chi connectivity index (χ1v) is 13.2. The van der Waals surface area contributed by atoms with Crippen LogP contribution in [0.5, 0.6) is 0 Å². The number of rotatable bonds is 5. The highest BCUT2D eigenvalue weighted by Gasteiger charge is 2.38. The molecule has 196 valence electrons. The van der Waals surface area contributed by atoms with Crippen LogP contribution in [0.25, 0.3) is 21.8 Å². The Balaban J connectivity index is 1.99. The fourth-order valence-corrected chi connectivity index (χ4v) is 4.86. The van der Waals surface area contributed by atoms with Crippen LogP contribution < -0.4 is 0 Å². The van der Waals surface area contributed by atoms with Crippen molar-refractivity contribution in [2.75, 3.05) is 0 Å². The average Bonchev–Trinajstić information content (AvgIpc) is 3.14. The molecule has 1 aromatic heterocycles. The van der Waals surface area contributed by atoms with Gasteiger partial charge in [0.25, 0.3) is 0 Å². The van der Waals surface area contributed by atoms with Crippen LogP contribution >= 0.6 is 0 Å². The number of carbonyl (C=O) groups excluding carboxylic acids is 2. The highest BCUT2D eigenvalue weighted by molar-refractivity contribution is 6.11. The van der Waals surface area contributed by atoms with Crippen molar-refractivity contribution in [1.82, 2.24) is 4.57 Å². The van der Waals surface area contributed by atoms with E-state index in [0.29, 0.717) is 0 Å². The van der Waals surface area contributed by atoms with Crippen molar-refractivity contribution in [3.05, 3.63) is 54.1 Å². The van der Waals surface area contributed by atoms with E-state index in [9.17, 15) is 9.59 Å². The molecule has 0 bridgehead atoms. The molecule has 3 aromatic rings. The summed E-state index contributed by atoms with van der Waals surface area (Å²) >= 11 is 0. The number of hydrogen-bond donors (Lipinski definition) is 0. The maximum absolute atomic E-state index is 14.0. The topological polar surface area (TPSA) is 69.9 Å². The number of aromatic nitrogens is 1. The first-order valence-electron chi connectivity index (χ1n) is 13.2. The molecule has 6 heteroatoms. The molecule has 0 spiro atoms. The van der Waals surface area contributed by atoms with Crippen molar-refractivity contribution in [3.63, 3.8) is 0 Å². The standard InChI is InChI=1S/C31H38N2O4/c1-30(2,3)36-28(34)24(20-32-21-14-8-7-9-15-21)27(29(35)37-31(4,5)6)33-25-18-12-10-16-22(25)23-17-11-13-19-26(23)33/h10-13,16-19,21,27H,7-9,14-15H2,1-6H3. The third-order valence-corrected chi connectivity index (χ3v) is 6.34. The Kier molecular flexibility index (Phi) is 7.61. The average molecular weight is 503 g/mol. The van der Waals surface area contributed by atoms with E-state index in [4.69, 9.17) is 14.5 Å². The molecule has 4 rings (SSSR count). The number of hydrogen-bond acceptors (Lipinski definition) is 5. The van der Waals surface area contributed by atoms with E-state index in [1.165, 1.54) is 6.42 Å². The van der Waals surface area contributed by atoms with Gasteiger partial charge in [-0.1, -0.05) is 55.7 Å². The molecule has 1 saturated carbocycles. The van der Waals surface area contributed by atoms with Gasteiger partial charge in [-0.15, -0.1) is 0 Å². The van der Waals surface area contributed by atoms with Crippen LogP contribution in [0.15, 0.2) is 59.1 Å². The molecule has 1 fully saturated rings. The number of carbonyl (C=O) groups is 2. The second-order valence-corrected chi connectivity index (χ2v) is 11.8. The number of esters is 2. The van der Waals surface area contributed by atoms with Crippen molar-refractivity contribution in [2.45, 2.75) is 96.9 Å². The predicted octanol–water partition coefficient (Wildman–Crippen LogP) is 6.95.